The molecule has 1 aliphatic rings. The molecule has 2 amide bonds. The molecule has 2 aromatic carbocycles. The summed E-state index contributed by atoms with van der Waals surface area (Å²) in [5.41, 5.74) is 5.35. The summed E-state index contributed by atoms with van der Waals surface area (Å²) < 4.78 is 11.4. The Hall–Kier alpha value is -4.20. The smallest absolute Gasteiger partial charge is 0.271 e. The molecule has 1 saturated heterocycles. The lowest BCUT2D eigenvalue weighted by Gasteiger charge is -2.26. The molecule has 0 radical (unpaired) electrons. The van der Waals surface area contributed by atoms with Gasteiger partial charge in [-0.25, -0.2) is 5.43 Å². The molecule has 3 aromatic rings. The molecule has 8 nitrogen and oxygen atoms in total. The molecule has 1 aromatic heterocycles. The fourth-order valence-corrected chi connectivity index (χ4v) is 3.80. The summed E-state index contributed by atoms with van der Waals surface area (Å²) in [7, 11) is 1.56. The summed E-state index contributed by atoms with van der Waals surface area (Å²) in [5.74, 6) is 0.900. The van der Waals surface area contributed by atoms with Crippen molar-refractivity contribution in [3.05, 3.63) is 89.2 Å². The van der Waals surface area contributed by atoms with E-state index < -0.39 is 0 Å². The third-order valence-corrected chi connectivity index (χ3v) is 5.75. The van der Waals surface area contributed by atoms with Gasteiger partial charge in [0.25, 0.3) is 11.8 Å². The molecule has 0 atom stereocenters. The number of hydrogen-bond donors (Lipinski definition) is 1. The van der Waals surface area contributed by atoms with Crippen LogP contribution in [0, 0.1) is 0 Å². The van der Waals surface area contributed by atoms with E-state index in [1.807, 2.05) is 35.2 Å². The number of benzene rings is 2. The predicted octanol–water partition coefficient (Wildman–Crippen LogP) is 4.06. The number of nitrogens with zero attached hydrogens (tertiary/aromatic N) is 3. The number of aromatic nitrogens is 1. The van der Waals surface area contributed by atoms with Crippen molar-refractivity contribution in [2.24, 2.45) is 5.10 Å². The first-order chi connectivity index (χ1) is 17.1. The Kier molecular flexibility index (Phi) is 8.06. The highest BCUT2D eigenvalue weighted by atomic mass is 16.5. The van der Waals surface area contributed by atoms with Crippen LogP contribution in [0.4, 0.5) is 0 Å². The lowest BCUT2D eigenvalue weighted by molar-refractivity contribution is 0.0724. The van der Waals surface area contributed by atoms with E-state index in [1.165, 1.54) is 12.6 Å². The maximum Gasteiger partial charge on any atom is 0.271 e. The van der Waals surface area contributed by atoms with Crippen molar-refractivity contribution in [3.8, 4) is 11.5 Å². The second-order valence-electron chi connectivity index (χ2n) is 8.18. The molecular formula is C27H28N4O4. The van der Waals surface area contributed by atoms with Crippen LogP contribution < -0.4 is 14.9 Å². The third-order valence-electron chi connectivity index (χ3n) is 5.75. The van der Waals surface area contributed by atoms with Gasteiger partial charge in [-0.15, -0.1) is 0 Å². The Labute approximate surface area is 204 Å². The minimum atomic E-state index is -0.320. The number of piperidine rings is 1. The van der Waals surface area contributed by atoms with Crippen molar-refractivity contribution < 1.29 is 19.1 Å². The number of hydrazone groups is 1. The second-order valence-corrected chi connectivity index (χ2v) is 8.18. The monoisotopic (exact) mass is 472 g/mol. The number of methoxy groups -OCH3 is 1. The standard InChI is InChI=1S/C27H28N4O4/c1-34-25-17-21(18-29-30-26(32)22-11-13-28-14-12-22)7-10-24(25)35-19-20-5-8-23(9-6-20)27(33)31-15-3-2-4-16-31/h5-14,17-18H,2-4,15-16,19H2,1H3,(H,30,32)/b29-18-. The zero-order valence-corrected chi connectivity index (χ0v) is 19.6. The van der Waals surface area contributed by atoms with Gasteiger partial charge in [-0.3, -0.25) is 14.6 Å². The van der Waals surface area contributed by atoms with Crippen LogP contribution in [0.2, 0.25) is 0 Å². The summed E-state index contributed by atoms with van der Waals surface area (Å²) in [6, 6.07) is 16.1. The van der Waals surface area contributed by atoms with Gasteiger partial charge in [0, 0.05) is 36.6 Å². The van der Waals surface area contributed by atoms with Gasteiger partial charge in [-0.1, -0.05) is 12.1 Å². The van der Waals surface area contributed by atoms with Gasteiger partial charge in [-0.2, -0.15) is 5.10 Å². The fraction of sp³-hybridized carbons (Fsp3) is 0.259. The van der Waals surface area contributed by atoms with Crippen LogP contribution in [0.5, 0.6) is 11.5 Å². The van der Waals surface area contributed by atoms with E-state index in [4.69, 9.17) is 9.47 Å². The van der Waals surface area contributed by atoms with Crippen molar-refractivity contribution in [3.63, 3.8) is 0 Å². The topological polar surface area (TPSA) is 93.1 Å². The molecule has 2 heterocycles. The molecule has 0 bridgehead atoms. The maximum absolute atomic E-state index is 12.6. The summed E-state index contributed by atoms with van der Waals surface area (Å²) >= 11 is 0. The van der Waals surface area contributed by atoms with Gasteiger partial charge in [0.2, 0.25) is 0 Å². The van der Waals surface area contributed by atoms with Crippen LogP contribution in [-0.2, 0) is 6.61 Å². The lowest BCUT2D eigenvalue weighted by atomic mass is 10.1. The molecule has 1 fully saturated rings. The molecule has 4 rings (SSSR count). The molecule has 1 N–H and O–H groups in total. The highest BCUT2D eigenvalue weighted by Gasteiger charge is 2.18. The molecular weight excluding hydrogens is 444 g/mol. The minimum Gasteiger partial charge on any atom is -0.493 e. The highest BCUT2D eigenvalue weighted by Crippen LogP contribution is 2.28. The number of nitrogens with one attached hydrogen (secondary N) is 1. The van der Waals surface area contributed by atoms with E-state index in [9.17, 15) is 9.59 Å². The summed E-state index contributed by atoms with van der Waals surface area (Å²) in [4.78, 5) is 30.5. The first kappa shape index (κ1) is 23.9. The molecule has 0 aliphatic carbocycles. The van der Waals surface area contributed by atoms with Crippen LogP contribution in [0.1, 0.15) is 51.1 Å². The van der Waals surface area contributed by atoms with Gasteiger partial charge < -0.3 is 14.4 Å². The largest absolute Gasteiger partial charge is 0.493 e. The number of carbonyl (C=O) groups is 2. The normalized spacial score (nSPS) is 13.5. The van der Waals surface area contributed by atoms with Gasteiger partial charge in [0.15, 0.2) is 11.5 Å². The summed E-state index contributed by atoms with van der Waals surface area (Å²) in [5, 5.41) is 4.00. The van der Waals surface area contributed by atoms with Crippen molar-refractivity contribution >= 4 is 18.0 Å². The molecule has 35 heavy (non-hydrogen) atoms. The van der Waals surface area contributed by atoms with E-state index in [0.29, 0.717) is 29.2 Å². The van der Waals surface area contributed by atoms with E-state index in [-0.39, 0.29) is 11.8 Å². The van der Waals surface area contributed by atoms with Gasteiger partial charge in [0.05, 0.1) is 13.3 Å². The van der Waals surface area contributed by atoms with E-state index in [1.54, 1.807) is 43.8 Å². The van der Waals surface area contributed by atoms with Crippen LogP contribution in [0.3, 0.4) is 0 Å². The zero-order chi connectivity index (χ0) is 24.5. The zero-order valence-electron chi connectivity index (χ0n) is 19.6. The molecule has 180 valence electrons. The Morgan fingerprint density at radius 2 is 1.71 bits per heavy atom. The van der Waals surface area contributed by atoms with Crippen molar-refractivity contribution in [2.45, 2.75) is 25.9 Å². The Morgan fingerprint density at radius 3 is 2.43 bits per heavy atom. The van der Waals surface area contributed by atoms with Crippen molar-refractivity contribution in [1.29, 1.82) is 0 Å². The molecule has 0 saturated carbocycles. The average molecular weight is 473 g/mol. The predicted molar refractivity (Wildman–Crippen MR) is 133 cm³/mol. The maximum atomic E-state index is 12.6. The number of pyridine rings is 1. The molecule has 0 unspecified atom stereocenters. The van der Waals surface area contributed by atoms with Gasteiger partial charge >= 0.3 is 0 Å². The molecule has 0 spiro atoms. The Balaban J connectivity index is 1.33. The first-order valence-electron chi connectivity index (χ1n) is 11.6. The van der Waals surface area contributed by atoms with Crippen molar-refractivity contribution in [1.82, 2.24) is 15.3 Å². The number of carbonyl (C=O) groups excluding carboxylic acids is 2. The average Bonchev–Trinajstić information content (AvgIpc) is 2.93. The van der Waals surface area contributed by atoms with Crippen LogP contribution >= 0.6 is 0 Å². The first-order valence-corrected chi connectivity index (χ1v) is 11.6. The van der Waals surface area contributed by atoms with Gasteiger partial charge in [-0.05, 0) is 72.9 Å². The summed E-state index contributed by atoms with van der Waals surface area (Å²) in [6.45, 7) is 2.01. The highest BCUT2D eigenvalue weighted by molar-refractivity contribution is 5.95. The fourth-order valence-electron chi connectivity index (χ4n) is 3.80. The van der Waals surface area contributed by atoms with E-state index in [2.05, 4.69) is 15.5 Å². The van der Waals surface area contributed by atoms with Crippen LogP contribution in [0.25, 0.3) is 0 Å². The number of likely N-dealkylation sites (tertiary alicyclic amines) is 1. The minimum absolute atomic E-state index is 0.0908. The SMILES string of the molecule is COc1cc(/C=N\NC(=O)c2ccncc2)ccc1OCc1ccc(C(=O)N2CCCCC2)cc1. The number of rotatable bonds is 8. The van der Waals surface area contributed by atoms with E-state index in [0.717, 1.165) is 37.1 Å². The van der Waals surface area contributed by atoms with Crippen molar-refractivity contribution in [2.75, 3.05) is 20.2 Å². The molecule has 1 aliphatic heterocycles. The molecule has 8 heteroatoms. The number of ether oxygens (including phenoxy) is 2. The van der Waals surface area contributed by atoms with Crippen LogP contribution in [0.15, 0.2) is 72.1 Å². The Bertz CT molecular complexity index is 1170. The third kappa shape index (κ3) is 6.44. The second kappa shape index (κ2) is 11.8. The van der Waals surface area contributed by atoms with Gasteiger partial charge in [0.1, 0.15) is 6.61 Å². The quantitative estimate of drug-likeness (QED) is 0.394. The Morgan fingerprint density at radius 1 is 0.971 bits per heavy atom. The lowest BCUT2D eigenvalue weighted by Crippen LogP contribution is -2.35. The number of amides is 2. The number of hydrogen-bond acceptors (Lipinski definition) is 6. The summed E-state index contributed by atoms with van der Waals surface area (Å²) in [6.07, 6.45) is 7.97. The van der Waals surface area contributed by atoms with E-state index >= 15 is 0 Å². The van der Waals surface area contributed by atoms with Crippen LogP contribution in [-0.4, -0.2) is 48.1 Å².